The largest absolute Gasteiger partial charge is 0.322 e. The molecule has 3 aromatic carbocycles. The molecule has 8 nitrogen and oxygen atoms in total. The first-order valence-electron chi connectivity index (χ1n) is 8.40. The number of nitro benzene ring substituents is 1. The van der Waals surface area contributed by atoms with Crippen LogP contribution >= 0.6 is 34.8 Å². The summed E-state index contributed by atoms with van der Waals surface area (Å²) in [7, 11) is -3.95. The van der Waals surface area contributed by atoms with E-state index in [1.807, 2.05) is 0 Å². The molecule has 160 valence electrons. The van der Waals surface area contributed by atoms with Crippen molar-refractivity contribution in [3.05, 3.63) is 91.4 Å². The third-order valence-corrected chi connectivity index (χ3v) is 6.26. The Morgan fingerprint density at radius 1 is 0.903 bits per heavy atom. The maximum atomic E-state index is 12.6. The monoisotopic (exact) mass is 499 g/mol. The smallest absolute Gasteiger partial charge is 0.270 e. The number of amides is 1. The number of nitrogens with zero attached hydrogens (tertiary/aromatic N) is 1. The van der Waals surface area contributed by atoms with Crippen molar-refractivity contribution >= 4 is 67.8 Å². The Bertz CT molecular complexity index is 1280. The molecule has 0 radical (unpaired) electrons. The Morgan fingerprint density at radius 3 is 2.19 bits per heavy atom. The molecule has 3 aromatic rings. The third-order valence-electron chi connectivity index (χ3n) is 4.00. The van der Waals surface area contributed by atoms with Gasteiger partial charge in [-0.3, -0.25) is 19.6 Å². The molecule has 31 heavy (non-hydrogen) atoms. The molecular weight excluding hydrogens is 489 g/mol. The second-order valence-corrected chi connectivity index (χ2v) is 9.06. The fourth-order valence-corrected chi connectivity index (χ4v) is 4.29. The van der Waals surface area contributed by atoms with Gasteiger partial charge in [-0.1, -0.05) is 34.8 Å². The first-order chi connectivity index (χ1) is 14.6. The van der Waals surface area contributed by atoms with Crippen LogP contribution in [0.3, 0.4) is 0 Å². The summed E-state index contributed by atoms with van der Waals surface area (Å²) in [6.45, 7) is 0. The molecule has 0 atom stereocenters. The lowest BCUT2D eigenvalue weighted by Gasteiger charge is -2.11. The van der Waals surface area contributed by atoms with Crippen molar-refractivity contribution in [2.45, 2.75) is 4.90 Å². The molecule has 1 amide bonds. The number of non-ortho nitro benzene ring substituents is 1. The summed E-state index contributed by atoms with van der Waals surface area (Å²) in [5.41, 5.74) is 0.0364. The van der Waals surface area contributed by atoms with E-state index < -0.39 is 20.9 Å². The topological polar surface area (TPSA) is 118 Å². The van der Waals surface area contributed by atoms with Crippen molar-refractivity contribution in [2.75, 3.05) is 10.0 Å². The van der Waals surface area contributed by atoms with Gasteiger partial charge in [-0.05, 0) is 48.5 Å². The molecular formula is C19H12Cl3N3O5S. The lowest BCUT2D eigenvalue weighted by Crippen LogP contribution is -2.15. The number of hydrogen-bond donors (Lipinski definition) is 2. The van der Waals surface area contributed by atoms with Crippen LogP contribution in [0, 0.1) is 10.1 Å². The summed E-state index contributed by atoms with van der Waals surface area (Å²) >= 11 is 17.8. The molecule has 3 rings (SSSR count). The van der Waals surface area contributed by atoms with Gasteiger partial charge in [-0.25, -0.2) is 8.42 Å². The average Bonchev–Trinajstić information content (AvgIpc) is 2.70. The molecule has 0 saturated heterocycles. The fourth-order valence-electron chi connectivity index (χ4n) is 2.49. The van der Waals surface area contributed by atoms with Crippen molar-refractivity contribution in [3.8, 4) is 0 Å². The zero-order chi connectivity index (χ0) is 22.8. The highest BCUT2D eigenvalue weighted by Gasteiger charge is 2.18. The van der Waals surface area contributed by atoms with E-state index in [1.165, 1.54) is 54.6 Å². The van der Waals surface area contributed by atoms with Crippen LogP contribution < -0.4 is 10.0 Å². The Labute approximate surface area is 191 Å². The minimum absolute atomic E-state index is 0.0336. The van der Waals surface area contributed by atoms with Crippen LogP contribution in [0.4, 0.5) is 17.1 Å². The Balaban J connectivity index is 1.77. The van der Waals surface area contributed by atoms with E-state index >= 15 is 0 Å². The first-order valence-corrected chi connectivity index (χ1v) is 11.0. The van der Waals surface area contributed by atoms with Crippen molar-refractivity contribution in [1.82, 2.24) is 0 Å². The Kier molecular flexibility index (Phi) is 6.71. The van der Waals surface area contributed by atoms with Crippen molar-refractivity contribution in [2.24, 2.45) is 0 Å². The molecule has 0 spiro atoms. The maximum Gasteiger partial charge on any atom is 0.270 e. The van der Waals surface area contributed by atoms with E-state index in [2.05, 4.69) is 10.0 Å². The van der Waals surface area contributed by atoms with Gasteiger partial charge in [-0.15, -0.1) is 0 Å². The third kappa shape index (κ3) is 5.45. The highest BCUT2D eigenvalue weighted by Crippen LogP contribution is 2.28. The van der Waals surface area contributed by atoms with Crippen molar-refractivity contribution in [3.63, 3.8) is 0 Å². The quantitative estimate of drug-likeness (QED) is 0.337. The number of hydrogen-bond acceptors (Lipinski definition) is 5. The normalized spacial score (nSPS) is 11.1. The first kappa shape index (κ1) is 22.8. The van der Waals surface area contributed by atoms with Gasteiger partial charge in [0.25, 0.3) is 21.6 Å². The molecule has 0 heterocycles. The van der Waals surface area contributed by atoms with E-state index in [4.69, 9.17) is 34.8 Å². The van der Waals surface area contributed by atoms with E-state index in [0.717, 1.165) is 6.07 Å². The summed E-state index contributed by atoms with van der Waals surface area (Å²) in [6.07, 6.45) is 0. The van der Waals surface area contributed by atoms with Crippen LogP contribution in [-0.4, -0.2) is 19.2 Å². The molecule has 0 aliphatic rings. The van der Waals surface area contributed by atoms with Gasteiger partial charge >= 0.3 is 0 Å². The zero-order valence-corrected chi connectivity index (χ0v) is 18.4. The number of anilines is 2. The van der Waals surface area contributed by atoms with E-state index in [1.54, 1.807) is 0 Å². The van der Waals surface area contributed by atoms with Crippen LogP contribution in [-0.2, 0) is 10.0 Å². The molecule has 0 aliphatic heterocycles. The SMILES string of the molecule is O=C(Nc1ccc(S(=O)(=O)Nc2ccc(Cl)cc2Cl)cc1)c1cc([N+](=O)[O-])ccc1Cl. The number of nitro groups is 1. The lowest BCUT2D eigenvalue weighted by molar-refractivity contribution is -0.384. The maximum absolute atomic E-state index is 12.6. The fraction of sp³-hybridized carbons (Fsp3) is 0. The number of rotatable bonds is 6. The summed E-state index contributed by atoms with van der Waals surface area (Å²) in [5.74, 6) is -0.685. The summed E-state index contributed by atoms with van der Waals surface area (Å²) in [6, 6.07) is 13.1. The number of carbonyl (C=O) groups excluding carboxylic acids is 1. The standard InChI is InChI=1S/C19H12Cl3N3O5S/c20-11-1-8-18(17(22)9-11)24-31(29,30)14-5-2-12(3-6-14)23-19(26)15-10-13(25(27)28)4-7-16(15)21/h1-10,24H,(H,23,26). The number of halogens is 3. The van der Waals surface area contributed by atoms with Crippen LogP contribution in [0.15, 0.2) is 65.6 Å². The van der Waals surface area contributed by atoms with Gasteiger partial charge in [0.05, 0.1) is 31.1 Å². The molecule has 0 unspecified atom stereocenters. The van der Waals surface area contributed by atoms with Gasteiger partial charge in [0.2, 0.25) is 0 Å². The second kappa shape index (κ2) is 9.11. The second-order valence-electron chi connectivity index (χ2n) is 6.13. The number of carbonyl (C=O) groups is 1. The molecule has 0 aromatic heterocycles. The van der Waals surface area contributed by atoms with Crippen LogP contribution in [0.25, 0.3) is 0 Å². The highest BCUT2D eigenvalue weighted by molar-refractivity contribution is 7.92. The Hall–Kier alpha value is -2.85. The zero-order valence-electron chi connectivity index (χ0n) is 15.3. The number of sulfonamides is 1. The lowest BCUT2D eigenvalue weighted by atomic mass is 10.2. The number of nitrogens with one attached hydrogen (secondary N) is 2. The predicted molar refractivity (Wildman–Crippen MR) is 120 cm³/mol. The minimum atomic E-state index is -3.95. The van der Waals surface area contributed by atoms with Gasteiger partial charge in [0, 0.05) is 22.8 Å². The van der Waals surface area contributed by atoms with Crippen LogP contribution in [0.2, 0.25) is 15.1 Å². The van der Waals surface area contributed by atoms with Gasteiger partial charge in [0.1, 0.15) is 0 Å². The Morgan fingerprint density at radius 2 is 1.58 bits per heavy atom. The summed E-state index contributed by atoms with van der Waals surface area (Å²) in [4.78, 5) is 22.6. The van der Waals surface area contributed by atoms with Crippen LogP contribution in [0.5, 0.6) is 0 Å². The van der Waals surface area contributed by atoms with Crippen molar-refractivity contribution < 1.29 is 18.1 Å². The summed E-state index contributed by atoms with van der Waals surface area (Å²) in [5, 5.41) is 13.9. The highest BCUT2D eigenvalue weighted by atomic mass is 35.5. The predicted octanol–water partition coefficient (Wildman–Crippen LogP) is 5.61. The summed E-state index contributed by atoms with van der Waals surface area (Å²) < 4.78 is 27.5. The van der Waals surface area contributed by atoms with E-state index in [-0.39, 0.29) is 37.6 Å². The van der Waals surface area contributed by atoms with Crippen molar-refractivity contribution in [1.29, 1.82) is 0 Å². The van der Waals surface area contributed by atoms with Gasteiger partial charge < -0.3 is 5.32 Å². The number of benzene rings is 3. The van der Waals surface area contributed by atoms with Gasteiger partial charge in [0.15, 0.2) is 0 Å². The molecule has 0 fully saturated rings. The average molecular weight is 501 g/mol. The molecule has 0 aliphatic carbocycles. The molecule has 0 saturated carbocycles. The van der Waals surface area contributed by atoms with Crippen LogP contribution in [0.1, 0.15) is 10.4 Å². The molecule has 0 bridgehead atoms. The molecule has 2 N–H and O–H groups in total. The minimum Gasteiger partial charge on any atom is -0.322 e. The van der Waals surface area contributed by atoms with E-state index in [0.29, 0.717) is 5.02 Å². The van der Waals surface area contributed by atoms with Gasteiger partial charge in [-0.2, -0.15) is 0 Å². The van der Waals surface area contributed by atoms with E-state index in [9.17, 15) is 23.3 Å². The molecule has 12 heteroatoms.